The van der Waals surface area contributed by atoms with E-state index in [1.165, 1.54) is 0 Å². The third-order valence-corrected chi connectivity index (χ3v) is 2.77. The molecule has 0 aliphatic heterocycles. The van der Waals surface area contributed by atoms with Crippen molar-refractivity contribution in [2.24, 2.45) is 0 Å². The lowest BCUT2D eigenvalue weighted by Gasteiger charge is -2.06. The first-order chi connectivity index (χ1) is 8.25. The highest BCUT2D eigenvalue weighted by molar-refractivity contribution is 6.29. The Balaban J connectivity index is 2.31. The van der Waals surface area contributed by atoms with Gasteiger partial charge in [-0.05, 0) is 24.3 Å². The maximum atomic E-state index is 5.93. The molecule has 0 amide bonds. The molecule has 2 N–H and O–H groups in total. The van der Waals surface area contributed by atoms with Crippen molar-refractivity contribution in [2.45, 2.75) is 0 Å². The van der Waals surface area contributed by atoms with E-state index in [0.717, 1.165) is 11.2 Å². The maximum Gasteiger partial charge on any atom is 0.166 e. The molecule has 0 aliphatic rings. The van der Waals surface area contributed by atoms with Crippen LogP contribution in [0.1, 0.15) is 0 Å². The lowest BCUT2D eigenvalue weighted by molar-refractivity contribution is 1.07. The van der Waals surface area contributed by atoms with Crippen molar-refractivity contribution >= 4 is 28.5 Å². The van der Waals surface area contributed by atoms with Gasteiger partial charge in [-0.3, -0.25) is 4.57 Å². The quantitative estimate of drug-likeness (QED) is 0.529. The summed E-state index contributed by atoms with van der Waals surface area (Å²) >= 11 is 5.89. The van der Waals surface area contributed by atoms with Gasteiger partial charge in [0.1, 0.15) is 17.0 Å². The molecule has 0 bridgehead atoms. The van der Waals surface area contributed by atoms with Crippen LogP contribution in [-0.2, 0) is 0 Å². The van der Waals surface area contributed by atoms with Gasteiger partial charge in [-0.1, -0.05) is 23.7 Å². The van der Waals surface area contributed by atoms with Crippen LogP contribution >= 0.6 is 11.6 Å². The molecule has 2 heterocycles. The number of nitrogens with zero attached hydrogens (tertiary/aromatic N) is 3. The molecule has 0 saturated carbocycles. The van der Waals surface area contributed by atoms with E-state index in [9.17, 15) is 0 Å². The number of anilines is 1. The highest BCUT2D eigenvalue weighted by Gasteiger charge is 2.08. The minimum atomic E-state index is 0.439. The number of imidazole rings is 1. The lowest BCUT2D eigenvalue weighted by Crippen LogP contribution is -1.98. The molecular weight excluding hydrogens is 236 g/mol. The highest BCUT2D eigenvalue weighted by atomic mass is 35.5. The van der Waals surface area contributed by atoms with E-state index in [1.807, 2.05) is 34.9 Å². The van der Waals surface area contributed by atoms with Gasteiger partial charge in [0, 0.05) is 0 Å². The Morgan fingerprint density at radius 1 is 1.12 bits per heavy atom. The van der Waals surface area contributed by atoms with Gasteiger partial charge in [-0.15, -0.1) is 0 Å². The number of fused-ring (bicyclic) bond motifs is 1. The number of benzene rings is 1. The standard InChI is InChI=1S/C12H9ClN4/c13-11-6-5-9-12(16-11)17(7-15-9)10-4-2-1-3-8(10)14/h1-7H,14H2. The molecule has 0 atom stereocenters. The second-order valence-electron chi connectivity index (χ2n) is 3.65. The van der Waals surface area contributed by atoms with Crippen LogP contribution in [0.3, 0.4) is 0 Å². The molecule has 0 unspecified atom stereocenters. The largest absolute Gasteiger partial charge is 0.397 e. The van der Waals surface area contributed by atoms with Crippen molar-refractivity contribution in [3.05, 3.63) is 47.9 Å². The normalized spacial score (nSPS) is 10.9. The number of hydrogen-bond donors (Lipinski definition) is 1. The highest BCUT2D eigenvalue weighted by Crippen LogP contribution is 2.22. The summed E-state index contributed by atoms with van der Waals surface area (Å²) in [6.07, 6.45) is 1.69. The van der Waals surface area contributed by atoms with Gasteiger partial charge in [0.25, 0.3) is 0 Å². The Kier molecular flexibility index (Phi) is 2.23. The van der Waals surface area contributed by atoms with Crippen molar-refractivity contribution in [1.29, 1.82) is 0 Å². The molecule has 3 rings (SSSR count). The molecule has 0 saturated heterocycles. The molecular formula is C12H9ClN4. The number of halogens is 1. The molecule has 3 aromatic rings. The number of aromatic nitrogens is 3. The Bertz CT molecular complexity index is 690. The van der Waals surface area contributed by atoms with Gasteiger partial charge in [-0.2, -0.15) is 0 Å². The van der Waals surface area contributed by atoms with Crippen LogP contribution in [0.2, 0.25) is 5.15 Å². The fourth-order valence-electron chi connectivity index (χ4n) is 1.75. The molecule has 1 aromatic carbocycles. The molecule has 4 nitrogen and oxygen atoms in total. The van der Waals surface area contributed by atoms with Crippen molar-refractivity contribution < 1.29 is 0 Å². The van der Waals surface area contributed by atoms with Crippen molar-refractivity contribution in [1.82, 2.24) is 14.5 Å². The van der Waals surface area contributed by atoms with Gasteiger partial charge in [0.2, 0.25) is 0 Å². The third kappa shape index (κ3) is 1.62. The number of rotatable bonds is 1. The Labute approximate surface area is 103 Å². The molecule has 0 radical (unpaired) electrons. The summed E-state index contributed by atoms with van der Waals surface area (Å²) in [5.41, 5.74) is 8.95. The number of hydrogen-bond acceptors (Lipinski definition) is 3. The Hall–Kier alpha value is -2.07. The van der Waals surface area contributed by atoms with Gasteiger partial charge in [0.05, 0.1) is 11.4 Å². The number of pyridine rings is 1. The van der Waals surface area contributed by atoms with Crippen LogP contribution in [0.5, 0.6) is 0 Å². The van der Waals surface area contributed by atoms with E-state index in [4.69, 9.17) is 17.3 Å². The van der Waals surface area contributed by atoms with Crippen LogP contribution in [0.4, 0.5) is 5.69 Å². The predicted molar refractivity (Wildman–Crippen MR) is 68.3 cm³/mol. The van der Waals surface area contributed by atoms with Crippen LogP contribution in [0.15, 0.2) is 42.7 Å². The average molecular weight is 245 g/mol. The van der Waals surface area contributed by atoms with E-state index in [0.29, 0.717) is 16.5 Å². The third-order valence-electron chi connectivity index (χ3n) is 2.56. The van der Waals surface area contributed by atoms with Crippen LogP contribution in [-0.4, -0.2) is 14.5 Å². The van der Waals surface area contributed by atoms with E-state index < -0.39 is 0 Å². The first-order valence-corrected chi connectivity index (χ1v) is 5.48. The zero-order valence-corrected chi connectivity index (χ0v) is 9.59. The smallest absolute Gasteiger partial charge is 0.166 e. The second-order valence-corrected chi connectivity index (χ2v) is 4.04. The summed E-state index contributed by atoms with van der Waals surface area (Å²) in [6.45, 7) is 0. The van der Waals surface area contributed by atoms with Crippen LogP contribution in [0.25, 0.3) is 16.9 Å². The molecule has 2 aromatic heterocycles. The van der Waals surface area contributed by atoms with Crippen LogP contribution in [0, 0.1) is 0 Å². The molecule has 84 valence electrons. The molecule has 0 fully saturated rings. The van der Waals surface area contributed by atoms with Gasteiger partial charge in [-0.25, -0.2) is 9.97 Å². The zero-order valence-electron chi connectivity index (χ0n) is 8.84. The molecule has 0 spiro atoms. The summed E-state index contributed by atoms with van der Waals surface area (Å²) < 4.78 is 1.83. The summed E-state index contributed by atoms with van der Waals surface area (Å²) in [5.74, 6) is 0. The molecule has 5 heteroatoms. The summed E-state index contributed by atoms with van der Waals surface area (Å²) in [4.78, 5) is 8.53. The average Bonchev–Trinajstić information content (AvgIpc) is 2.72. The summed E-state index contributed by atoms with van der Waals surface area (Å²) in [6, 6.07) is 11.1. The minimum Gasteiger partial charge on any atom is -0.397 e. The predicted octanol–water partition coefficient (Wildman–Crippen LogP) is 2.66. The van der Waals surface area contributed by atoms with Gasteiger partial charge < -0.3 is 5.73 Å². The van der Waals surface area contributed by atoms with Crippen molar-refractivity contribution in [2.75, 3.05) is 5.73 Å². The van der Waals surface area contributed by atoms with E-state index >= 15 is 0 Å². The SMILES string of the molecule is Nc1ccccc1-n1cnc2ccc(Cl)nc21. The first-order valence-electron chi connectivity index (χ1n) is 5.10. The summed E-state index contributed by atoms with van der Waals surface area (Å²) in [5, 5.41) is 0.439. The fourth-order valence-corrected chi connectivity index (χ4v) is 1.90. The van der Waals surface area contributed by atoms with E-state index in [1.54, 1.807) is 12.4 Å². The van der Waals surface area contributed by atoms with Crippen molar-refractivity contribution in [3.63, 3.8) is 0 Å². The number of nitrogens with two attached hydrogens (primary N) is 1. The first kappa shape index (κ1) is 10.1. The lowest BCUT2D eigenvalue weighted by atomic mass is 10.2. The second kappa shape index (κ2) is 3.75. The minimum absolute atomic E-state index is 0.439. The summed E-state index contributed by atoms with van der Waals surface area (Å²) in [7, 11) is 0. The molecule has 0 aliphatic carbocycles. The van der Waals surface area contributed by atoms with E-state index in [-0.39, 0.29) is 0 Å². The van der Waals surface area contributed by atoms with Gasteiger partial charge in [0.15, 0.2) is 5.65 Å². The zero-order chi connectivity index (χ0) is 11.8. The Morgan fingerprint density at radius 2 is 1.94 bits per heavy atom. The van der Waals surface area contributed by atoms with Crippen LogP contribution < -0.4 is 5.73 Å². The number of para-hydroxylation sites is 2. The maximum absolute atomic E-state index is 5.93. The van der Waals surface area contributed by atoms with E-state index in [2.05, 4.69) is 9.97 Å². The van der Waals surface area contributed by atoms with Gasteiger partial charge >= 0.3 is 0 Å². The fraction of sp³-hybridized carbons (Fsp3) is 0. The molecule has 17 heavy (non-hydrogen) atoms. The number of nitrogen functional groups attached to an aromatic ring is 1. The topological polar surface area (TPSA) is 56.7 Å². The Morgan fingerprint density at radius 3 is 2.76 bits per heavy atom. The van der Waals surface area contributed by atoms with Crippen molar-refractivity contribution in [3.8, 4) is 5.69 Å². The monoisotopic (exact) mass is 244 g/mol.